The molecule has 2 aromatic heterocycles. The van der Waals surface area contributed by atoms with Gasteiger partial charge in [0.1, 0.15) is 24.0 Å². The van der Waals surface area contributed by atoms with Gasteiger partial charge in [-0.2, -0.15) is 4.98 Å². The fourth-order valence-electron chi connectivity index (χ4n) is 13.6. The number of hydrogen-bond acceptors (Lipinski definition) is 14. The second-order valence-corrected chi connectivity index (χ2v) is 24.4. The largest absolute Gasteiger partial charge is 0.489 e. The number of sulfonamides is 1. The van der Waals surface area contributed by atoms with Gasteiger partial charge in [-0.15, -0.1) is 0 Å². The molecule has 1 spiro atoms. The van der Waals surface area contributed by atoms with Gasteiger partial charge in [0.05, 0.1) is 45.9 Å². The number of nitro benzene ring substituents is 1. The molecule has 17 nitrogen and oxygen atoms in total. The van der Waals surface area contributed by atoms with Crippen molar-refractivity contribution < 1.29 is 37.5 Å². The summed E-state index contributed by atoms with van der Waals surface area (Å²) < 4.78 is 49.6. The number of amides is 1. The molecule has 3 saturated carbocycles. The number of aliphatic hydroxyl groups is 1. The van der Waals surface area contributed by atoms with Gasteiger partial charge in [-0.3, -0.25) is 19.8 Å². The van der Waals surface area contributed by atoms with Crippen molar-refractivity contribution in [2.24, 2.45) is 17.3 Å². The number of piperidine rings is 1. The first-order valence-corrected chi connectivity index (χ1v) is 28.0. The molecule has 6 fully saturated rings. The number of nitro groups is 1. The summed E-state index contributed by atoms with van der Waals surface area (Å²) in [5.41, 5.74) is 5.08. The number of hydrogen-bond donors (Lipinski definition) is 4. The predicted octanol–water partition coefficient (Wildman–Crippen LogP) is 8.71. The normalized spacial score (nSPS) is 28.0. The smallest absolute Gasteiger partial charge is 0.297 e. The maximum Gasteiger partial charge on any atom is 0.297 e. The van der Waals surface area contributed by atoms with Crippen LogP contribution in [0.3, 0.4) is 0 Å². The highest BCUT2D eigenvalue weighted by atomic mass is 32.2. The van der Waals surface area contributed by atoms with Crippen LogP contribution in [0.4, 0.5) is 28.4 Å². The van der Waals surface area contributed by atoms with E-state index in [0.29, 0.717) is 85.8 Å². The number of carbonyl (C=O) groups is 1. The van der Waals surface area contributed by atoms with Crippen molar-refractivity contribution in [2.75, 3.05) is 61.1 Å². The lowest BCUT2D eigenvalue weighted by molar-refractivity contribution is -0.384. The van der Waals surface area contributed by atoms with Crippen LogP contribution in [0.1, 0.15) is 117 Å². The molecule has 3 aliphatic carbocycles. The minimum absolute atomic E-state index is 0.0137. The molecule has 5 aromatic rings. The van der Waals surface area contributed by atoms with Crippen LogP contribution in [0.5, 0.6) is 11.6 Å². The molecule has 4 N–H and O–H groups in total. The van der Waals surface area contributed by atoms with Crippen molar-refractivity contribution in [3.8, 4) is 11.6 Å². The fourth-order valence-corrected chi connectivity index (χ4v) is 14.6. The number of aromatic nitrogens is 2. The Labute approximate surface area is 425 Å². The lowest BCUT2D eigenvalue weighted by atomic mass is 9.59. The molecule has 1 amide bonds. The quantitative estimate of drug-likeness (QED) is 0.0764. The van der Waals surface area contributed by atoms with E-state index in [1.165, 1.54) is 44.6 Å². The van der Waals surface area contributed by atoms with Crippen molar-refractivity contribution >= 4 is 55.4 Å². The monoisotopic (exact) mass is 1010 g/mol. The summed E-state index contributed by atoms with van der Waals surface area (Å²) in [5, 5.41) is 27.2. The van der Waals surface area contributed by atoms with Crippen LogP contribution >= 0.6 is 0 Å². The average molecular weight is 1010 g/mol. The summed E-state index contributed by atoms with van der Waals surface area (Å²) in [6.07, 6.45) is 13.8. The van der Waals surface area contributed by atoms with Gasteiger partial charge in [0.25, 0.3) is 21.6 Å². The van der Waals surface area contributed by atoms with E-state index in [0.717, 1.165) is 55.5 Å². The Kier molecular flexibility index (Phi) is 11.5. The highest BCUT2D eigenvalue weighted by molar-refractivity contribution is 7.90. The molecule has 7 heterocycles. The van der Waals surface area contributed by atoms with Crippen molar-refractivity contribution in [1.82, 2.24) is 19.6 Å². The molecule has 18 heteroatoms. The van der Waals surface area contributed by atoms with E-state index in [9.17, 15) is 28.4 Å². The Morgan fingerprint density at radius 2 is 1.70 bits per heavy atom. The molecule has 4 atom stereocenters. The third kappa shape index (κ3) is 8.64. The van der Waals surface area contributed by atoms with Gasteiger partial charge in [-0.05, 0) is 149 Å². The number of likely N-dealkylation sites (tertiary alicyclic amines) is 1. The molecule has 0 radical (unpaired) electrons. The molecular weight excluding hydrogens is 949 g/mol. The van der Waals surface area contributed by atoms with Gasteiger partial charge < -0.3 is 39.4 Å². The first kappa shape index (κ1) is 46.8. The zero-order chi connectivity index (χ0) is 49.8. The second kappa shape index (κ2) is 17.9. The topological polar surface area (TPSA) is 205 Å². The number of anilines is 4. The number of carbonyl (C=O) groups excluding carboxylic acids is 1. The number of fused-ring (bicyclic) bond motifs is 4. The number of aromatic amines is 1. The zero-order valence-corrected chi connectivity index (χ0v) is 42.1. The maximum atomic E-state index is 14.8. The molecule has 3 aromatic carbocycles. The maximum absolute atomic E-state index is 14.8. The molecule has 0 bridgehead atoms. The first-order chi connectivity index (χ1) is 35.3. The molecule has 73 heavy (non-hydrogen) atoms. The van der Waals surface area contributed by atoms with Crippen molar-refractivity contribution in [3.63, 3.8) is 0 Å². The zero-order valence-electron chi connectivity index (χ0n) is 41.3. The van der Waals surface area contributed by atoms with Crippen LogP contribution in [0.25, 0.3) is 11.0 Å². The summed E-state index contributed by atoms with van der Waals surface area (Å²) in [6.45, 7) is 6.05. The highest BCUT2D eigenvalue weighted by Gasteiger charge is 2.50. The molecule has 13 rings (SSSR count). The van der Waals surface area contributed by atoms with Crippen LogP contribution in [-0.2, 0) is 14.8 Å². The van der Waals surface area contributed by atoms with E-state index in [1.54, 1.807) is 17.2 Å². The van der Waals surface area contributed by atoms with E-state index in [1.807, 2.05) is 42.3 Å². The second-order valence-electron chi connectivity index (χ2n) is 22.7. The number of H-pyrrole nitrogens is 1. The number of nitrogens with one attached hydrogen (secondary N) is 3. The number of nitrogens with zero attached hydrogens (tertiary/aromatic N) is 5. The molecular formula is C55H64N8O9S. The van der Waals surface area contributed by atoms with Gasteiger partial charge >= 0.3 is 0 Å². The number of rotatable bonds is 10. The summed E-state index contributed by atoms with van der Waals surface area (Å²) in [7, 11) is -4.70. The van der Waals surface area contributed by atoms with E-state index >= 15 is 0 Å². The molecule has 8 aliphatic rings. The molecule has 3 saturated heterocycles. The summed E-state index contributed by atoms with van der Waals surface area (Å²) in [6, 6.07) is 21.7. The Bertz CT molecular complexity index is 3100. The Morgan fingerprint density at radius 3 is 2.48 bits per heavy atom. The Morgan fingerprint density at radius 1 is 0.904 bits per heavy atom. The minimum atomic E-state index is -4.70. The van der Waals surface area contributed by atoms with E-state index in [-0.39, 0.29) is 47.6 Å². The van der Waals surface area contributed by atoms with Crippen LogP contribution in [-0.4, -0.2) is 109 Å². The van der Waals surface area contributed by atoms with Gasteiger partial charge in [-0.1, -0.05) is 24.3 Å². The lowest BCUT2D eigenvalue weighted by Gasteiger charge is -2.56. The summed E-state index contributed by atoms with van der Waals surface area (Å²) in [4.78, 5) is 41.6. The van der Waals surface area contributed by atoms with Crippen LogP contribution < -0.4 is 29.3 Å². The highest BCUT2D eigenvalue weighted by Crippen LogP contribution is 2.55. The number of benzene rings is 3. The van der Waals surface area contributed by atoms with Crippen molar-refractivity contribution in [3.05, 3.63) is 99.7 Å². The number of ether oxygens (including phenoxy) is 3. The van der Waals surface area contributed by atoms with E-state index in [4.69, 9.17) is 19.2 Å². The Hall–Kier alpha value is -5.95. The summed E-state index contributed by atoms with van der Waals surface area (Å²) in [5.74, 6) is 0.241. The first-order valence-electron chi connectivity index (χ1n) is 26.5. The van der Waals surface area contributed by atoms with Gasteiger partial charge in [0.15, 0.2) is 11.4 Å². The van der Waals surface area contributed by atoms with Crippen LogP contribution in [0.2, 0.25) is 0 Å². The average Bonchev–Trinajstić information content (AvgIpc) is 3.72. The molecule has 384 valence electrons. The van der Waals surface area contributed by atoms with E-state index in [2.05, 4.69) is 49.1 Å². The van der Waals surface area contributed by atoms with Gasteiger partial charge in [0, 0.05) is 67.0 Å². The third-order valence-corrected chi connectivity index (χ3v) is 19.3. The Balaban J connectivity index is 0.782. The molecule has 5 aliphatic heterocycles. The van der Waals surface area contributed by atoms with Crippen LogP contribution in [0, 0.1) is 27.4 Å². The standard InChI is InChI=1S/C55H64N8O9S/c1-54(65)15-12-34(13-16-54)43-31-71-48-26-39(25-46(63(66)67)50(48)57-43)73(68,69)59-52(64)42-11-10-37(24-45(42)62-29-36-30-70-32-49(36)72-53-47(62)23-35-14-19-56-51(35)58-53)60-21-17-55(18-22-60)27-38(28-55)61-20-4-7-44(61)41-6-3-2-5-40(41)33-8-9-33/h2-3,5-6,10-11,14,19,23-26,33-34,36,38,43-44,49,57,65H,4,7-9,12-13,15-18,20-22,27-32H2,1H3,(H,56,58)(H,59,64)/t34?,36-,43-,44+,49+,54?/m1/s1. The molecule has 0 unspecified atom stereocenters. The van der Waals surface area contributed by atoms with E-state index < -0.39 is 37.0 Å². The van der Waals surface area contributed by atoms with Gasteiger partial charge in [0.2, 0.25) is 5.88 Å². The van der Waals surface area contributed by atoms with Crippen molar-refractivity contribution in [2.45, 2.75) is 125 Å². The third-order valence-electron chi connectivity index (χ3n) is 18.0. The predicted molar refractivity (Wildman–Crippen MR) is 276 cm³/mol. The lowest BCUT2D eigenvalue weighted by Crippen LogP contribution is -2.55. The van der Waals surface area contributed by atoms with Crippen LogP contribution in [0.15, 0.2) is 77.8 Å². The number of pyridine rings is 1. The van der Waals surface area contributed by atoms with Gasteiger partial charge in [-0.25, -0.2) is 13.1 Å². The summed E-state index contributed by atoms with van der Waals surface area (Å²) >= 11 is 0. The fraction of sp³-hybridized carbons (Fsp3) is 0.527. The minimum Gasteiger partial charge on any atom is -0.489 e. The SMILES string of the molecule is CC1(O)CCC([C@H]2COc3cc(S(=O)(=O)NC(=O)c4ccc(N5CCC6(CC5)CC(N5CCC[C@H]5c5ccccc5C5CC5)C6)cc4N4C[C@@H]5COC[C@@H]5Oc5nc6[nH]ccc6cc54)cc([N+](=O)[O-])c3N2)CC1. The van der Waals surface area contributed by atoms with Crippen molar-refractivity contribution in [1.29, 1.82) is 0 Å².